The van der Waals surface area contributed by atoms with Crippen LogP contribution in [0.15, 0.2) is 16.5 Å². The molecule has 1 heterocycles. The van der Waals surface area contributed by atoms with E-state index in [0.29, 0.717) is 0 Å². The second-order valence-corrected chi connectivity index (χ2v) is 5.11. The number of hydrogen-bond acceptors (Lipinski definition) is 3. The van der Waals surface area contributed by atoms with Gasteiger partial charge in [0.15, 0.2) is 5.58 Å². The number of furan rings is 1. The zero-order chi connectivity index (χ0) is 14.4. The minimum Gasteiger partial charge on any atom is -0.447 e. The molecule has 1 fully saturated rings. The van der Waals surface area contributed by atoms with Gasteiger partial charge in [-0.1, -0.05) is 11.6 Å². The number of benzene rings is 1. The van der Waals surface area contributed by atoms with Gasteiger partial charge in [0, 0.05) is 11.3 Å². The number of hydrogen-bond donors (Lipinski definition) is 2. The Morgan fingerprint density at radius 3 is 2.70 bits per heavy atom. The Hall–Kier alpha value is -2.08. The molecule has 0 atom stereocenters. The quantitative estimate of drug-likeness (QED) is 0.913. The topological polar surface area (TPSA) is 85.3 Å². The molecule has 2 amide bonds. The van der Waals surface area contributed by atoms with Crippen molar-refractivity contribution in [3.63, 3.8) is 0 Å². The van der Waals surface area contributed by atoms with Crippen LogP contribution in [0.4, 0.5) is 10.1 Å². The zero-order valence-electron chi connectivity index (χ0n) is 10.2. The van der Waals surface area contributed by atoms with Gasteiger partial charge in [-0.2, -0.15) is 0 Å². The van der Waals surface area contributed by atoms with Crippen molar-refractivity contribution in [3.05, 3.63) is 28.7 Å². The van der Waals surface area contributed by atoms with E-state index in [0.717, 1.165) is 25.0 Å². The summed E-state index contributed by atoms with van der Waals surface area (Å²) >= 11 is 5.87. The van der Waals surface area contributed by atoms with Crippen molar-refractivity contribution in [2.24, 2.45) is 11.7 Å². The van der Waals surface area contributed by atoms with Crippen LogP contribution in [0.1, 0.15) is 23.4 Å². The van der Waals surface area contributed by atoms with Crippen molar-refractivity contribution in [2.45, 2.75) is 12.8 Å². The molecule has 0 unspecified atom stereocenters. The maximum Gasteiger partial charge on any atom is 0.286 e. The van der Waals surface area contributed by atoms with Gasteiger partial charge in [0.1, 0.15) is 11.5 Å². The Balaban J connectivity index is 2.17. The molecule has 1 aromatic carbocycles. The summed E-state index contributed by atoms with van der Waals surface area (Å²) in [5.74, 6) is -2.01. The summed E-state index contributed by atoms with van der Waals surface area (Å²) in [6.45, 7) is 0. The average Bonchev–Trinajstić information content (AvgIpc) is 3.14. The molecule has 1 aliphatic carbocycles. The summed E-state index contributed by atoms with van der Waals surface area (Å²) in [6.07, 6.45) is 1.59. The lowest BCUT2D eigenvalue weighted by Gasteiger charge is -2.03. The molecule has 0 saturated heterocycles. The van der Waals surface area contributed by atoms with Crippen LogP contribution in [0.5, 0.6) is 0 Å². The molecule has 3 N–H and O–H groups in total. The van der Waals surface area contributed by atoms with Crippen LogP contribution in [0.3, 0.4) is 0 Å². The molecule has 1 saturated carbocycles. The predicted molar refractivity (Wildman–Crippen MR) is 71.1 cm³/mol. The van der Waals surface area contributed by atoms with Crippen LogP contribution < -0.4 is 11.1 Å². The van der Waals surface area contributed by atoms with E-state index < -0.39 is 11.7 Å². The molecule has 1 aromatic heterocycles. The van der Waals surface area contributed by atoms with Crippen LogP contribution in [0.25, 0.3) is 11.0 Å². The van der Waals surface area contributed by atoms with Crippen molar-refractivity contribution in [3.8, 4) is 0 Å². The highest BCUT2D eigenvalue weighted by Crippen LogP contribution is 2.37. The standard InChI is InChI=1S/C13H10ClFN2O3/c14-8-4-6(15)3-7-9(17-13(19)5-1-2-5)11(12(16)18)20-10(7)8/h3-5H,1-2H2,(H2,16,18)(H,17,19). The Bertz CT molecular complexity index is 737. The van der Waals surface area contributed by atoms with Crippen LogP contribution in [-0.2, 0) is 4.79 Å². The van der Waals surface area contributed by atoms with Gasteiger partial charge in [0.2, 0.25) is 11.7 Å². The Morgan fingerprint density at radius 1 is 1.40 bits per heavy atom. The second kappa shape index (κ2) is 4.49. The molecule has 3 rings (SSSR count). The van der Waals surface area contributed by atoms with Crippen molar-refractivity contribution in [2.75, 3.05) is 5.32 Å². The van der Waals surface area contributed by atoms with E-state index in [1.165, 1.54) is 0 Å². The number of fused-ring (bicyclic) bond motifs is 1. The summed E-state index contributed by atoms with van der Waals surface area (Å²) in [5.41, 5.74) is 5.41. The molecule has 7 heteroatoms. The number of nitrogens with two attached hydrogens (primary N) is 1. The Labute approximate surface area is 117 Å². The highest BCUT2D eigenvalue weighted by molar-refractivity contribution is 6.35. The summed E-state index contributed by atoms with van der Waals surface area (Å²) in [7, 11) is 0. The Morgan fingerprint density at radius 2 is 2.10 bits per heavy atom. The molecule has 0 aliphatic heterocycles. The predicted octanol–water partition coefficient (Wildman–Crippen LogP) is 2.67. The van der Waals surface area contributed by atoms with E-state index in [1.807, 2.05) is 0 Å². The maximum atomic E-state index is 13.4. The molecule has 104 valence electrons. The third-order valence-electron chi connectivity index (χ3n) is 3.13. The highest BCUT2D eigenvalue weighted by Gasteiger charge is 2.32. The van der Waals surface area contributed by atoms with Crippen LogP contribution >= 0.6 is 11.6 Å². The van der Waals surface area contributed by atoms with Gasteiger partial charge in [-0.15, -0.1) is 0 Å². The van der Waals surface area contributed by atoms with Crippen LogP contribution in [-0.4, -0.2) is 11.8 Å². The number of nitrogens with one attached hydrogen (secondary N) is 1. The lowest BCUT2D eigenvalue weighted by Crippen LogP contribution is -2.17. The molecule has 20 heavy (non-hydrogen) atoms. The summed E-state index contributed by atoms with van der Waals surface area (Å²) in [4.78, 5) is 23.2. The second-order valence-electron chi connectivity index (χ2n) is 4.70. The van der Waals surface area contributed by atoms with Gasteiger partial charge >= 0.3 is 0 Å². The third kappa shape index (κ3) is 2.12. The molecule has 2 aromatic rings. The van der Waals surface area contributed by atoms with E-state index in [-0.39, 0.29) is 39.3 Å². The number of amides is 2. The van der Waals surface area contributed by atoms with Crippen molar-refractivity contribution in [1.82, 2.24) is 0 Å². The maximum absolute atomic E-state index is 13.4. The van der Waals surface area contributed by atoms with Crippen molar-refractivity contribution >= 4 is 40.1 Å². The molecule has 0 spiro atoms. The van der Waals surface area contributed by atoms with E-state index in [9.17, 15) is 14.0 Å². The first-order chi connectivity index (χ1) is 9.47. The first kappa shape index (κ1) is 12.9. The van der Waals surface area contributed by atoms with Gasteiger partial charge in [-0.05, 0) is 25.0 Å². The smallest absolute Gasteiger partial charge is 0.286 e. The number of halogens is 2. The monoisotopic (exact) mass is 296 g/mol. The first-order valence-electron chi connectivity index (χ1n) is 5.99. The summed E-state index contributed by atoms with van der Waals surface area (Å²) in [6, 6.07) is 2.20. The van der Waals surface area contributed by atoms with Gasteiger partial charge < -0.3 is 15.5 Å². The van der Waals surface area contributed by atoms with E-state index in [2.05, 4.69) is 5.32 Å². The van der Waals surface area contributed by atoms with E-state index >= 15 is 0 Å². The lowest BCUT2D eigenvalue weighted by molar-refractivity contribution is -0.117. The van der Waals surface area contributed by atoms with Gasteiger partial charge in [0.05, 0.1) is 5.02 Å². The fourth-order valence-electron chi connectivity index (χ4n) is 1.99. The zero-order valence-corrected chi connectivity index (χ0v) is 11.0. The SMILES string of the molecule is NC(=O)c1oc2c(Cl)cc(F)cc2c1NC(=O)C1CC1. The fourth-order valence-corrected chi connectivity index (χ4v) is 2.24. The average molecular weight is 297 g/mol. The fraction of sp³-hybridized carbons (Fsp3) is 0.231. The summed E-state index contributed by atoms with van der Waals surface area (Å²) < 4.78 is 18.7. The molecular weight excluding hydrogens is 287 g/mol. The lowest BCUT2D eigenvalue weighted by atomic mass is 10.2. The number of carbonyl (C=O) groups is 2. The summed E-state index contributed by atoms with van der Waals surface area (Å²) in [5, 5.41) is 2.80. The minimum atomic E-state index is -0.858. The number of anilines is 1. The normalized spacial score (nSPS) is 14.5. The van der Waals surface area contributed by atoms with Gasteiger partial charge in [-0.3, -0.25) is 9.59 Å². The van der Waals surface area contributed by atoms with Crippen molar-refractivity contribution in [1.29, 1.82) is 0 Å². The van der Waals surface area contributed by atoms with Crippen LogP contribution in [0.2, 0.25) is 5.02 Å². The molecule has 5 nitrogen and oxygen atoms in total. The van der Waals surface area contributed by atoms with E-state index in [4.69, 9.17) is 21.8 Å². The highest BCUT2D eigenvalue weighted by atomic mass is 35.5. The first-order valence-corrected chi connectivity index (χ1v) is 6.37. The molecule has 0 radical (unpaired) electrons. The van der Waals surface area contributed by atoms with Crippen LogP contribution in [0, 0.1) is 11.7 Å². The molecule has 1 aliphatic rings. The Kier molecular flexibility index (Phi) is 2.90. The third-order valence-corrected chi connectivity index (χ3v) is 3.41. The van der Waals surface area contributed by atoms with Gasteiger partial charge in [-0.25, -0.2) is 4.39 Å². The number of primary amides is 1. The minimum absolute atomic E-state index is 0.00872. The van der Waals surface area contributed by atoms with Crippen molar-refractivity contribution < 1.29 is 18.4 Å². The number of carbonyl (C=O) groups excluding carboxylic acids is 2. The van der Waals surface area contributed by atoms with E-state index in [1.54, 1.807) is 0 Å². The molecule has 0 bridgehead atoms. The molecular formula is C13H10ClFN2O3. The number of rotatable bonds is 3. The van der Waals surface area contributed by atoms with Gasteiger partial charge in [0.25, 0.3) is 5.91 Å². The largest absolute Gasteiger partial charge is 0.447 e.